The Kier molecular flexibility index (Phi) is 5.32. The van der Waals surface area contributed by atoms with Crippen LogP contribution in [0.4, 0.5) is 13.2 Å². The summed E-state index contributed by atoms with van der Waals surface area (Å²) >= 11 is 0. The third-order valence-corrected chi connectivity index (χ3v) is 3.84. The molecule has 1 atom stereocenters. The molecule has 0 aliphatic rings. The van der Waals surface area contributed by atoms with Crippen molar-refractivity contribution in [3.63, 3.8) is 0 Å². The van der Waals surface area contributed by atoms with Crippen LogP contribution in [0.3, 0.4) is 0 Å². The maximum Gasteiger partial charge on any atom is 0.417 e. The van der Waals surface area contributed by atoms with E-state index in [2.05, 4.69) is 0 Å². The first-order chi connectivity index (χ1) is 11.2. The predicted octanol–water partition coefficient (Wildman–Crippen LogP) is 5.59. The van der Waals surface area contributed by atoms with Crippen molar-refractivity contribution in [1.29, 1.82) is 0 Å². The van der Waals surface area contributed by atoms with E-state index >= 15 is 0 Å². The van der Waals surface area contributed by atoms with E-state index in [4.69, 9.17) is 0 Å². The molecular formula is C19H19F3O2. The number of carboxylic acids is 1. The van der Waals surface area contributed by atoms with E-state index in [0.717, 1.165) is 6.07 Å². The second kappa shape index (κ2) is 7.07. The summed E-state index contributed by atoms with van der Waals surface area (Å²) in [7, 11) is 0. The summed E-state index contributed by atoms with van der Waals surface area (Å²) in [4.78, 5) is 11.5. The summed E-state index contributed by atoms with van der Waals surface area (Å²) in [5.74, 6) is -1.54. The van der Waals surface area contributed by atoms with Crippen LogP contribution >= 0.6 is 0 Å². The third-order valence-electron chi connectivity index (χ3n) is 3.84. The molecule has 0 radical (unpaired) electrons. The average Bonchev–Trinajstić information content (AvgIpc) is 2.51. The number of hydrogen-bond donors (Lipinski definition) is 1. The molecule has 5 heteroatoms. The molecule has 128 valence electrons. The minimum Gasteiger partial charge on any atom is -0.481 e. The number of benzene rings is 2. The second-order valence-electron chi connectivity index (χ2n) is 6.19. The molecule has 0 saturated heterocycles. The van der Waals surface area contributed by atoms with E-state index in [1.807, 2.05) is 13.8 Å². The van der Waals surface area contributed by atoms with Gasteiger partial charge >= 0.3 is 12.1 Å². The van der Waals surface area contributed by atoms with Gasteiger partial charge in [0.1, 0.15) is 0 Å². The zero-order chi connectivity index (χ0) is 17.9. The fourth-order valence-corrected chi connectivity index (χ4v) is 2.76. The van der Waals surface area contributed by atoms with Crippen LogP contribution in [0.15, 0.2) is 48.5 Å². The van der Waals surface area contributed by atoms with Crippen molar-refractivity contribution in [1.82, 2.24) is 0 Å². The molecule has 2 aromatic rings. The van der Waals surface area contributed by atoms with Gasteiger partial charge < -0.3 is 5.11 Å². The van der Waals surface area contributed by atoms with Gasteiger partial charge in [-0.15, -0.1) is 0 Å². The first-order valence-corrected chi connectivity index (χ1v) is 7.69. The molecule has 2 aromatic carbocycles. The van der Waals surface area contributed by atoms with Crippen molar-refractivity contribution in [2.75, 3.05) is 0 Å². The molecule has 0 fully saturated rings. The molecule has 2 nitrogen and oxygen atoms in total. The van der Waals surface area contributed by atoms with Crippen LogP contribution < -0.4 is 0 Å². The normalized spacial score (nSPS) is 13.1. The Morgan fingerprint density at radius 2 is 1.75 bits per heavy atom. The van der Waals surface area contributed by atoms with Crippen molar-refractivity contribution in [2.24, 2.45) is 5.92 Å². The topological polar surface area (TPSA) is 37.3 Å². The van der Waals surface area contributed by atoms with Gasteiger partial charge in [0, 0.05) is 0 Å². The number of hydrogen-bond acceptors (Lipinski definition) is 1. The lowest BCUT2D eigenvalue weighted by Crippen LogP contribution is -2.14. The number of aliphatic carboxylic acids is 1. The van der Waals surface area contributed by atoms with Crippen molar-refractivity contribution in [3.8, 4) is 11.1 Å². The van der Waals surface area contributed by atoms with E-state index in [-0.39, 0.29) is 11.5 Å². The maximum atomic E-state index is 13.2. The molecule has 0 aromatic heterocycles. The summed E-state index contributed by atoms with van der Waals surface area (Å²) in [6.07, 6.45) is -4.03. The van der Waals surface area contributed by atoms with Gasteiger partial charge in [0.15, 0.2) is 0 Å². The Balaban J connectivity index is 2.50. The highest BCUT2D eigenvalue weighted by Gasteiger charge is 2.33. The average molecular weight is 336 g/mol. The molecule has 24 heavy (non-hydrogen) atoms. The minimum absolute atomic E-state index is 0.0561. The minimum atomic E-state index is -4.46. The standard InChI is InChI=1S/C19H19F3O2/c1-12(2)10-16(18(23)24)14-7-5-6-13(11-14)15-8-3-4-9-17(15)19(20,21)22/h3-9,11-12,16H,10H2,1-2H3,(H,23,24). The summed E-state index contributed by atoms with van der Waals surface area (Å²) in [6, 6.07) is 11.7. The van der Waals surface area contributed by atoms with E-state index in [9.17, 15) is 23.1 Å². The van der Waals surface area contributed by atoms with Crippen LogP contribution in [-0.4, -0.2) is 11.1 Å². The number of rotatable bonds is 5. The number of carbonyl (C=O) groups is 1. The number of carboxylic acid groups (broad SMARTS) is 1. The lowest BCUT2D eigenvalue weighted by molar-refractivity contribution is -0.139. The molecule has 0 heterocycles. The van der Waals surface area contributed by atoms with Crippen molar-refractivity contribution >= 4 is 5.97 Å². The van der Waals surface area contributed by atoms with Crippen LogP contribution in [0, 0.1) is 5.92 Å². The highest BCUT2D eigenvalue weighted by molar-refractivity contribution is 5.77. The molecule has 0 aliphatic heterocycles. The molecular weight excluding hydrogens is 317 g/mol. The Morgan fingerprint density at radius 3 is 2.33 bits per heavy atom. The quantitative estimate of drug-likeness (QED) is 0.773. The smallest absolute Gasteiger partial charge is 0.417 e. The number of alkyl halides is 3. The van der Waals surface area contributed by atoms with Gasteiger partial charge in [-0.2, -0.15) is 13.2 Å². The molecule has 0 aliphatic carbocycles. The largest absolute Gasteiger partial charge is 0.481 e. The second-order valence-corrected chi connectivity index (χ2v) is 6.19. The van der Waals surface area contributed by atoms with Gasteiger partial charge in [-0.25, -0.2) is 0 Å². The summed E-state index contributed by atoms with van der Waals surface area (Å²) in [6.45, 7) is 3.83. The molecule has 1 unspecified atom stereocenters. The predicted molar refractivity (Wildman–Crippen MR) is 86.7 cm³/mol. The molecule has 0 saturated carbocycles. The zero-order valence-electron chi connectivity index (χ0n) is 13.5. The molecule has 2 rings (SSSR count). The van der Waals surface area contributed by atoms with Gasteiger partial charge in [-0.1, -0.05) is 56.3 Å². The monoisotopic (exact) mass is 336 g/mol. The molecule has 0 spiro atoms. The van der Waals surface area contributed by atoms with Crippen molar-refractivity contribution in [3.05, 3.63) is 59.7 Å². The summed E-state index contributed by atoms with van der Waals surface area (Å²) in [5, 5.41) is 9.44. The van der Waals surface area contributed by atoms with Crippen LogP contribution in [-0.2, 0) is 11.0 Å². The Bertz CT molecular complexity index is 721. The van der Waals surface area contributed by atoms with Crippen LogP contribution in [0.1, 0.15) is 37.3 Å². The highest BCUT2D eigenvalue weighted by Crippen LogP contribution is 2.38. The van der Waals surface area contributed by atoms with Gasteiger partial charge in [-0.3, -0.25) is 4.79 Å². The molecule has 1 N–H and O–H groups in total. The van der Waals surface area contributed by atoms with Gasteiger partial charge in [-0.05, 0) is 35.1 Å². The third kappa shape index (κ3) is 4.16. The Morgan fingerprint density at radius 1 is 1.08 bits per heavy atom. The fraction of sp³-hybridized carbons (Fsp3) is 0.316. The van der Waals surface area contributed by atoms with Crippen LogP contribution in [0.2, 0.25) is 0 Å². The first-order valence-electron chi connectivity index (χ1n) is 7.69. The van der Waals surface area contributed by atoms with Gasteiger partial charge in [0.25, 0.3) is 0 Å². The number of halogens is 3. The summed E-state index contributed by atoms with van der Waals surface area (Å²) < 4.78 is 39.6. The van der Waals surface area contributed by atoms with Crippen molar-refractivity contribution in [2.45, 2.75) is 32.4 Å². The fourth-order valence-electron chi connectivity index (χ4n) is 2.76. The lowest BCUT2D eigenvalue weighted by atomic mass is 9.88. The van der Waals surface area contributed by atoms with Crippen LogP contribution in [0.5, 0.6) is 0 Å². The van der Waals surface area contributed by atoms with Gasteiger partial charge in [0.2, 0.25) is 0 Å². The van der Waals surface area contributed by atoms with E-state index in [0.29, 0.717) is 17.5 Å². The first kappa shape index (κ1) is 18.0. The van der Waals surface area contributed by atoms with E-state index in [1.165, 1.54) is 12.1 Å². The molecule has 0 bridgehead atoms. The highest BCUT2D eigenvalue weighted by atomic mass is 19.4. The zero-order valence-corrected chi connectivity index (χ0v) is 13.5. The van der Waals surface area contributed by atoms with Gasteiger partial charge in [0.05, 0.1) is 11.5 Å². The SMILES string of the molecule is CC(C)CC(C(=O)O)c1cccc(-c2ccccc2C(F)(F)F)c1. The summed E-state index contributed by atoms with van der Waals surface area (Å²) in [5.41, 5.74) is 0.222. The van der Waals surface area contributed by atoms with Crippen LogP contribution in [0.25, 0.3) is 11.1 Å². The Hall–Kier alpha value is -2.30. The van der Waals surface area contributed by atoms with Crippen molar-refractivity contribution < 1.29 is 23.1 Å². The lowest BCUT2D eigenvalue weighted by Gasteiger charge is -2.17. The van der Waals surface area contributed by atoms with E-state index in [1.54, 1.807) is 30.3 Å². The van der Waals surface area contributed by atoms with E-state index < -0.39 is 23.6 Å². The Labute approximate surface area is 138 Å². The molecule has 0 amide bonds. The maximum absolute atomic E-state index is 13.2.